The molecule has 0 fully saturated rings. The molecule has 4 rings (SSSR count). The summed E-state index contributed by atoms with van der Waals surface area (Å²) in [7, 11) is -4.52. The molecular formula is C18H16F3N3O4S. The highest BCUT2D eigenvalue weighted by molar-refractivity contribution is 7.88. The number of aromatic nitrogens is 1. The maximum absolute atomic E-state index is 12.5. The van der Waals surface area contributed by atoms with E-state index in [1.165, 1.54) is 0 Å². The molecule has 2 N–H and O–H groups in total. The number of nitrogens with one attached hydrogen (secondary N) is 2. The third-order valence-electron chi connectivity index (χ3n) is 5.17. The van der Waals surface area contributed by atoms with Crippen LogP contribution in [-0.4, -0.2) is 30.4 Å². The maximum atomic E-state index is 12.5. The van der Waals surface area contributed by atoms with Gasteiger partial charge >= 0.3 is 22.4 Å². The van der Waals surface area contributed by atoms with Crippen LogP contribution >= 0.6 is 0 Å². The zero-order valence-corrected chi connectivity index (χ0v) is 15.8. The van der Waals surface area contributed by atoms with E-state index >= 15 is 0 Å². The Morgan fingerprint density at radius 2 is 1.72 bits per heavy atom. The Labute approximate surface area is 164 Å². The van der Waals surface area contributed by atoms with Gasteiger partial charge in [-0.15, -0.1) is 0 Å². The average molecular weight is 427 g/mol. The number of nitrogens with zero attached hydrogens (tertiary/aromatic N) is 1. The highest BCUT2D eigenvalue weighted by Gasteiger charge is 2.40. The van der Waals surface area contributed by atoms with Crippen LogP contribution < -0.4 is 10.0 Å². The number of alkyl halides is 3. The fourth-order valence-electron chi connectivity index (χ4n) is 3.73. The van der Waals surface area contributed by atoms with Crippen LogP contribution in [-0.2, 0) is 35.9 Å². The molecule has 0 spiro atoms. The molecule has 2 aromatic rings. The molecule has 0 radical (unpaired) electrons. The Balaban J connectivity index is 1.53. The first kappa shape index (κ1) is 19.5. The van der Waals surface area contributed by atoms with E-state index in [2.05, 4.69) is 11.4 Å². The number of halogens is 3. The topological polar surface area (TPSA) is 97.3 Å². The van der Waals surface area contributed by atoms with Gasteiger partial charge in [0, 0.05) is 23.6 Å². The summed E-state index contributed by atoms with van der Waals surface area (Å²) in [6.45, 7) is 0. The van der Waals surface area contributed by atoms with E-state index in [0.717, 1.165) is 66.6 Å². The minimum Gasteiger partial charge on any atom is -0.307 e. The molecule has 7 nitrogen and oxygen atoms in total. The van der Waals surface area contributed by atoms with Crippen LogP contribution in [0.15, 0.2) is 24.5 Å². The van der Waals surface area contributed by atoms with Crippen molar-refractivity contribution in [1.82, 2.24) is 8.69 Å². The van der Waals surface area contributed by atoms with Crippen LogP contribution in [0.2, 0.25) is 0 Å². The van der Waals surface area contributed by atoms with E-state index in [9.17, 15) is 31.2 Å². The molecule has 2 aliphatic rings. The third-order valence-corrected chi connectivity index (χ3v) is 6.39. The molecule has 154 valence electrons. The van der Waals surface area contributed by atoms with Crippen molar-refractivity contribution in [3.63, 3.8) is 0 Å². The first-order valence-electron chi connectivity index (χ1n) is 8.86. The van der Waals surface area contributed by atoms with Gasteiger partial charge in [-0.2, -0.15) is 21.6 Å². The Bertz CT molecular complexity index is 1140. The van der Waals surface area contributed by atoms with Gasteiger partial charge in [0.1, 0.15) is 0 Å². The van der Waals surface area contributed by atoms with Gasteiger partial charge in [0.2, 0.25) is 0 Å². The molecule has 1 aromatic heterocycles. The van der Waals surface area contributed by atoms with E-state index in [1.54, 1.807) is 4.72 Å². The summed E-state index contributed by atoms with van der Waals surface area (Å²) in [5.74, 6) is -2.17. The van der Waals surface area contributed by atoms with E-state index in [0.29, 0.717) is 15.9 Å². The van der Waals surface area contributed by atoms with Gasteiger partial charge in [-0.05, 0) is 60.4 Å². The van der Waals surface area contributed by atoms with Crippen LogP contribution in [0.4, 0.5) is 23.7 Å². The second kappa shape index (κ2) is 6.61. The molecule has 11 heteroatoms. The number of Topliss-reactive ketones (excluding diaryl/α,β-unsaturated/α-hetero) is 1. The minimum atomic E-state index is -5.13. The summed E-state index contributed by atoms with van der Waals surface area (Å²) < 4.78 is 64.2. The summed E-state index contributed by atoms with van der Waals surface area (Å²) >= 11 is 0. The smallest absolute Gasteiger partial charge is 0.307 e. The van der Waals surface area contributed by atoms with Gasteiger partial charge in [-0.3, -0.25) is 4.79 Å². The average Bonchev–Trinajstić information content (AvgIpc) is 3.25. The predicted octanol–water partition coefficient (Wildman–Crippen LogP) is 2.74. The van der Waals surface area contributed by atoms with Crippen molar-refractivity contribution in [2.45, 2.75) is 38.3 Å². The lowest BCUT2D eigenvalue weighted by atomic mass is 9.83. The summed E-state index contributed by atoms with van der Waals surface area (Å²) in [6.07, 6.45) is 0.465. The number of benzene rings is 1. The number of hydrogen-bond acceptors (Lipinski definition) is 4. The number of fused-ring (bicyclic) bond motifs is 2. The molecule has 0 atom stereocenters. The Morgan fingerprint density at radius 1 is 1.03 bits per heavy atom. The van der Waals surface area contributed by atoms with E-state index in [-0.39, 0.29) is 0 Å². The number of rotatable bonds is 4. The van der Waals surface area contributed by atoms with Crippen LogP contribution in [0.5, 0.6) is 0 Å². The molecule has 2 amide bonds. The fraction of sp³-hybridized carbons (Fsp3) is 0.333. The molecule has 29 heavy (non-hydrogen) atoms. The number of carbonyl (C=O) groups excluding carboxylic acids is 2. The van der Waals surface area contributed by atoms with Crippen molar-refractivity contribution in [3.8, 4) is 0 Å². The molecule has 0 saturated carbocycles. The van der Waals surface area contributed by atoms with Crippen molar-refractivity contribution in [2.75, 3.05) is 5.32 Å². The molecule has 1 heterocycles. The highest BCUT2D eigenvalue weighted by Crippen LogP contribution is 2.39. The Hall–Kier alpha value is -2.82. The SMILES string of the molecule is O=C(Nc1c2c(cc3c1CC3)CCC2)NS(=O)(=O)n1ccc(C(=O)C(F)(F)F)c1. The normalized spacial score (nSPS) is 15.3. The lowest BCUT2D eigenvalue weighted by Gasteiger charge is -2.26. The zero-order valence-electron chi connectivity index (χ0n) is 15.0. The van der Waals surface area contributed by atoms with Crippen LogP contribution in [0, 0.1) is 0 Å². The third kappa shape index (κ3) is 3.50. The first-order valence-corrected chi connectivity index (χ1v) is 10.3. The van der Waals surface area contributed by atoms with Crippen LogP contribution in [0.3, 0.4) is 0 Å². The van der Waals surface area contributed by atoms with Crippen LogP contribution in [0.1, 0.15) is 39.0 Å². The van der Waals surface area contributed by atoms with E-state index in [1.807, 2.05) is 0 Å². The molecular weight excluding hydrogens is 411 g/mol. The lowest BCUT2D eigenvalue weighted by molar-refractivity contribution is -0.0885. The van der Waals surface area contributed by atoms with E-state index in [4.69, 9.17) is 0 Å². The summed E-state index contributed by atoms with van der Waals surface area (Å²) in [5, 5.41) is 2.59. The summed E-state index contributed by atoms with van der Waals surface area (Å²) in [6, 6.07) is 1.83. The largest absolute Gasteiger partial charge is 0.454 e. The second-order valence-electron chi connectivity index (χ2n) is 7.00. The minimum absolute atomic E-state index is 0.360. The predicted molar refractivity (Wildman–Crippen MR) is 97.2 cm³/mol. The molecule has 0 saturated heterocycles. The molecule has 1 aromatic carbocycles. The number of ketones is 1. The molecule has 2 aliphatic carbocycles. The van der Waals surface area contributed by atoms with Crippen LogP contribution in [0.25, 0.3) is 0 Å². The van der Waals surface area contributed by atoms with Crippen molar-refractivity contribution < 1.29 is 31.2 Å². The standard InChI is InChI=1S/C18H16F3N3O4S/c19-18(20,21)16(25)12-6-7-24(9-12)29(27,28)23-17(26)22-15-13-3-1-2-10(13)8-11-4-5-14(11)15/h6-9H,1-5H2,(H2,22,23,26). The van der Waals surface area contributed by atoms with Crippen molar-refractivity contribution in [2.24, 2.45) is 0 Å². The number of hydrogen-bond donors (Lipinski definition) is 2. The van der Waals surface area contributed by atoms with E-state index < -0.39 is 33.8 Å². The highest BCUT2D eigenvalue weighted by atomic mass is 32.2. The van der Waals surface area contributed by atoms with Gasteiger partial charge in [0.25, 0.3) is 5.78 Å². The second-order valence-corrected chi connectivity index (χ2v) is 8.57. The summed E-state index contributed by atoms with van der Waals surface area (Å²) in [4.78, 5) is 23.5. The van der Waals surface area contributed by atoms with Crippen molar-refractivity contribution >= 4 is 27.7 Å². The number of aryl methyl sites for hydroxylation is 2. The van der Waals surface area contributed by atoms with Crippen molar-refractivity contribution in [1.29, 1.82) is 0 Å². The quantitative estimate of drug-likeness (QED) is 0.734. The van der Waals surface area contributed by atoms with Gasteiger partial charge in [-0.1, -0.05) is 6.07 Å². The summed E-state index contributed by atoms with van der Waals surface area (Å²) in [5.41, 5.74) is 4.03. The fourth-order valence-corrected chi connectivity index (χ4v) is 4.59. The van der Waals surface area contributed by atoms with Crippen molar-refractivity contribution in [3.05, 3.63) is 52.3 Å². The molecule has 0 aliphatic heterocycles. The van der Waals surface area contributed by atoms with Gasteiger partial charge in [0.05, 0.1) is 0 Å². The van der Waals surface area contributed by atoms with Gasteiger partial charge in [0.15, 0.2) is 0 Å². The number of amides is 2. The number of carbonyl (C=O) groups is 2. The Morgan fingerprint density at radius 3 is 2.38 bits per heavy atom. The van der Waals surface area contributed by atoms with Gasteiger partial charge in [-0.25, -0.2) is 13.5 Å². The maximum Gasteiger partial charge on any atom is 0.454 e. The molecule has 0 unspecified atom stereocenters. The Kier molecular flexibility index (Phi) is 4.45. The number of anilines is 1. The zero-order chi connectivity index (χ0) is 21.0. The lowest BCUT2D eigenvalue weighted by Crippen LogP contribution is -2.38. The molecule has 0 bridgehead atoms. The monoisotopic (exact) mass is 427 g/mol. The first-order chi connectivity index (χ1) is 13.6. The van der Waals surface area contributed by atoms with Gasteiger partial charge < -0.3 is 5.32 Å². The number of urea groups is 1.